The number of hydrogen-bond donors (Lipinski definition) is 1. The molecule has 21 heavy (non-hydrogen) atoms. The fraction of sp³-hybridized carbons (Fsp3) is 0.625. The van der Waals surface area contributed by atoms with Crippen LogP contribution in [0, 0.1) is 5.92 Å². The highest BCUT2D eigenvalue weighted by atomic mass is 32.2. The molecule has 2 N–H and O–H groups in total. The molecule has 0 spiro atoms. The van der Waals surface area contributed by atoms with E-state index in [0.29, 0.717) is 17.4 Å². The van der Waals surface area contributed by atoms with Crippen LogP contribution in [0.5, 0.6) is 0 Å². The Hall–Kier alpha value is -0.910. The van der Waals surface area contributed by atoms with Crippen LogP contribution in [0.2, 0.25) is 0 Å². The molecule has 2 rings (SSSR count). The molecular weight excluding hydrogens is 286 g/mol. The van der Waals surface area contributed by atoms with Gasteiger partial charge in [-0.05, 0) is 36.5 Å². The van der Waals surface area contributed by atoms with Crippen molar-refractivity contribution in [2.75, 3.05) is 12.4 Å². The lowest BCUT2D eigenvalue weighted by molar-refractivity contribution is 0.0242. The van der Waals surface area contributed by atoms with Crippen LogP contribution < -0.4 is 5.73 Å². The van der Waals surface area contributed by atoms with Crippen molar-refractivity contribution in [3.05, 3.63) is 29.8 Å². The number of benzene rings is 1. The first-order valence-electron chi connectivity index (χ1n) is 7.64. The third kappa shape index (κ3) is 4.80. The van der Waals surface area contributed by atoms with Crippen LogP contribution in [0.25, 0.3) is 0 Å². The van der Waals surface area contributed by atoms with E-state index in [1.54, 1.807) is 18.2 Å². The molecule has 0 amide bonds. The fourth-order valence-electron chi connectivity index (χ4n) is 2.84. The van der Waals surface area contributed by atoms with Gasteiger partial charge < -0.3 is 10.5 Å². The number of nitrogens with two attached hydrogens (primary N) is 1. The SMILES string of the molecule is CC1CCCC(OCCS(=O)(=O)c2cccc(CN)c2)C1. The Bertz CT molecular complexity index is 556. The highest BCUT2D eigenvalue weighted by Gasteiger charge is 2.21. The Morgan fingerprint density at radius 3 is 2.86 bits per heavy atom. The Kier molecular flexibility index (Phi) is 5.79. The van der Waals surface area contributed by atoms with Gasteiger partial charge in [0.05, 0.1) is 23.4 Å². The van der Waals surface area contributed by atoms with Gasteiger partial charge in [-0.1, -0.05) is 31.9 Å². The molecule has 1 aromatic rings. The summed E-state index contributed by atoms with van der Waals surface area (Å²) in [5.74, 6) is 0.716. The van der Waals surface area contributed by atoms with Crippen LogP contribution >= 0.6 is 0 Å². The van der Waals surface area contributed by atoms with E-state index < -0.39 is 9.84 Å². The van der Waals surface area contributed by atoms with Gasteiger partial charge in [0.25, 0.3) is 0 Å². The Balaban J connectivity index is 1.89. The van der Waals surface area contributed by atoms with Crippen LogP contribution in [-0.2, 0) is 21.1 Å². The van der Waals surface area contributed by atoms with Crippen molar-refractivity contribution < 1.29 is 13.2 Å². The van der Waals surface area contributed by atoms with Crippen LogP contribution in [0.4, 0.5) is 0 Å². The van der Waals surface area contributed by atoms with Crippen molar-refractivity contribution in [2.24, 2.45) is 11.7 Å². The van der Waals surface area contributed by atoms with Crippen molar-refractivity contribution >= 4 is 9.84 Å². The molecule has 0 aliphatic heterocycles. The second-order valence-electron chi connectivity index (χ2n) is 5.93. The van der Waals surface area contributed by atoms with E-state index in [-0.39, 0.29) is 18.5 Å². The van der Waals surface area contributed by atoms with Crippen LogP contribution in [-0.4, -0.2) is 26.9 Å². The predicted octanol–water partition coefficient (Wildman–Crippen LogP) is 2.51. The third-order valence-corrected chi connectivity index (χ3v) is 5.76. The summed E-state index contributed by atoms with van der Waals surface area (Å²) in [6, 6.07) is 6.84. The summed E-state index contributed by atoms with van der Waals surface area (Å²) < 4.78 is 30.3. The normalized spacial score (nSPS) is 23.1. The van der Waals surface area contributed by atoms with Crippen LogP contribution in [0.3, 0.4) is 0 Å². The molecular formula is C16H25NO3S. The maximum absolute atomic E-state index is 12.3. The average molecular weight is 311 g/mol. The number of hydrogen-bond acceptors (Lipinski definition) is 4. The van der Waals surface area contributed by atoms with Crippen molar-refractivity contribution in [3.63, 3.8) is 0 Å². The zero-order valence-electron chi connectivity index (χ0n) is 12.6. The zero-order chi connectivity index (χ0) is 15.3. The Morgan fingerprint density at radius 2 is 2.14 bits per heavy atom. The molecule has 1 aliphatic carbocycles. The molecule has 0 bridgehead atoms. The predicted molar refractivity (Wildman–Crippen MR) is 83.8 cm³/mol. The first-order chi connectivity index (χ1) is 10.0. The standard InChI is InChI=1S/C16H25NO3S/c1-13-4-2-6-15(10-13)20-8-9-21(18,19)16-7-3-5-14(11-16)12-17/h3,5,7,11,13,15H,2,4,6,8-10,12,17H2,1H3. The lowest BCUT2D eigenvalue weighted by Crippen LogP contribution is -2.24. The summed E-state index contributed by atoms with van der Waals surface area (Å²) in [6.45, 7) is 2.84. The number of sulfone groups is 1. The Morgan fingerprint density at radius 1 is 1.33 bits per heavy atom. The molecule has 118 valence electrons. The summed E-state index contributed by atoms with van der Waals surface area (Å²) >= 11 is 0. The molecule has 4 nitrogen and oxygen atoms in total. The second kappa shape index (κ2) is 7.38. The maximum atomic E-state index is 12.3. The fourth-order valence-corrected chi connectivity index (χ4v) is 4.01. The summed E-state index contributed by atoms with van der Waals surface area (Å²) in [4.78, 5) is 0.339. The van der Waals surface area contributed by atoms with Gasteiger partial charge in [0.1, 0.15) is 0 Å². The molecule has 5 heteroatoms. The summed E-state index contributed by atoms with van der Waals surface area (Å²) in [5.41, 5.74) is 6.38. The summed E-state index contributed by atoms with van der Waals surface area (Å²) in [7, 11) is -3.29. The van der Waals surface area contributed by atoms with Gasteiger partial charge in [0.2, 0.25) is 0 Å². The lowest BCUT2D eigenvalue weighted by atomic mass is 9.89. The highest BCUT2D eigenvalue weighted by Crippen LogP contribution is 2.25. The van der Waals surface area contributed by atoms with E-state index in [0.717, 1.165) is 18.4 Å². The van der Waals surface area contributed by atoms with E-state index in [9.17, 15) is 8.42 Å². The molecule has 0 heterocycles. The monoisotopic (exact) mass is 311 g/mol. The van der Waals surface area contributed by atoms with E-state index in [1.165, 1.54) is 12.8 Å². The maximum Gasteiger partial charge on any atom is 0.180 e. The van der Waals surface area contributed by atoms with Crippen LogP contribution in [0.15, 0.2) is 29.2 Å². The van der Waals surface area contributed by atoms with Gasteiger partial charge >= 0.3 is 0 Å². The van der Waals surface area contributed by atoms with E-state index in [1.807, 2.05) is 6.07 Å². The molecule has 2 atom stereocenters. The van der Waals surface area contributed by atoms with Gasteiger partial charge in [-0.25, -0.2) is 8.42 Å². The average Bonchev–Trinajstić information content (AvgIpc) is 2.47. The van der Waals surface area contributed by atoms with E-state index in [4.69, 9.17) is 10.5 Å². The largest absolute Gasteiger partial charge is 0.377 e. The molecule has 0 aromatic heterocycles. The molecule has 1 saturated carbocycles. The van der Waals surface area contributed by atoms with E-state index in [2.05, 4.69) is 6.92 Å². The minimum absolute atomic E-state index is 0.0336. The minimum Gasteiger partial charge on any atom is -0.377 e. The van der Waals surface area contributed by atoms with Crippen LogP contribution in [0.1, 0.15) is 38.2 Å². The first kappa shape index (κ1) is 16.5. The number of ether oxygens (including phenoxy) is 1. The molecule has 1 aliphatic rings. The zero-order valence-corrected chi connectivity index (χ0v) is 13.4. The highest BCUT2D eigenvalue weighted by molar-refractivity contribution is 7.91. The lowest BCUT2D eigenvalue weighted by Gasteiger charge is -2.26. The number of rotatable bonds is 6. The quantitative estimate of drug-likeness (QED) is 0.876. The van der Waals surface area contributed by atoms with Gasteiger partial charge in [0.15, 0.2) is 9.84 Å². The second-order valence-corrected chi connectivity index (χ2v) is 8.04. The Labute approximate surface area is 127 Å². The van der Waals surface area contributed by atoms with Crippen molar-refractivity contribution in [1.82, 2.24) is 0 Å². The summed E-state index contributed by atoms with van der Waals surface area (Å²) in [6.07, 6.45) is 4.75. The first-order valence-corrected chi connectivity index (χ1v) is 9.30. The van der Waals surface area contributed by atoms with Crippen molar-refractivity contribution in [2.45, 2.75) is 50.2 Å². The van der Waals surface area contributed by atoms with E-state index >= 15 is 0 Å². The topological polar surface area (TPSA) is 69.4 Å². The van der Waals surface area contributed by atoms with Crippen molar-refractivity contribution in [3.8, 4) is 0 Å². The van der Waals surface area contributed by atoms with Gasteiger partial charge in [0, 0.05) is 6.54 Å². The minimum atomic E-state index is -3.29. The summed E-state index contributed by atoms with van der Waals surface area (Å²) in [5, 5.41) is 0. The smallest absolute Gasteiger partial charge is 0.180 e. The molecule has 1 fully saturated rings. The molecule has 2 unspecified atom stereocenters. The van der Waals surface area contributed by atoms with Gasteiger partial charge in [-0.2, -0.15) is 0 Å². The van der Waals surface area contributed by atoms with Crippen molar-refractivity contribution in [1.29, 1.82) is 0 Å². The molecule has 0 saturated heterocycles. The van der Waals surface area contributed by atoms with Gasteiger partial charge in [-0.3, -0.25) is 0 Å². The molecule has 0 radical (unpaired) electrons. The van der Waals surface area contributed by atoms with Gasteiger partial charge in [-0.15, -0.1) is 0 Å². The molecule has 1 aromatic carbocycles. The third-order valence-electron chi connectivity index (χ3n) is 4.09.